The zero-order chi connectivity index (χ0) is 27.7. The van der Waals surface area contributed by atoms with Crippen LogP contribution in [0.2, 0.25) is 5.15 Å². The molecule has 1 aliphatic carbocycles. The SMILES string of the molecule is CN(C(=O)C1CCS(=O)(=O)CC1)[C@@H](c1ccc(N2CCC3(CC3)c3c2cnc2cc(Cl)nn32)cc1)C(C)(F)F. The van der Waals surface area contributed by atoms with Gasteiger partial charge in [0.2, 0.25) is 5.91 Å². The first-order valence-electron chi connectivity index (χ1n) is 13.2. The molecule has 1 amide bonds. The van der Waals surface area contributed by atoms with Crippen LogP contribution >= 0.6 is 11.6 Å². The van der Waals surface area contributed by atoms with E-state index in [-0.39, 0.29) is 29.8 Å². The zero-order valence-corrected chi connectivity index (χ0v) is 23.4. The van der Waals surface area contributed by atoms with E-state index in [1.165, 1.54) is 7.05 Å². The van der Waals surface area contributed by atoms with E-state index in [1.807, 2.05) is 10.7 Å². The molecule has 8 nitrogen and oxygen atoms in total. The number of halogens is 3. The molecule has 2 aromatic heterocycles. The molecule has 2 fully saturated rings. The molecular weight excluding hydrogens is 548 g/mol. The summed E-state index contributed by atoms with van der Waals surface area (Å²) in [5.41, 5.74) is 3.90. The predicted octanol–water partition coefficient (Wildman–Crippen LogP) is 4.94. The molecule has 1 aromatic carbocycles. The van der Waals surface area contributed by atoms with Crippen LogP contribution in [0.15, 0.2) is 36.5 Å². The van der Waals surface area contributed by atoms with Gasteiger partial charge in [0.05, 0.1) is 29.1 Å². The minimum absolute atomic E-state index is 0.0548. The number of alkyl halides is 2. The summed E-state index contributed by atoms with van der Waals surface area (Å²) in [5.74, 6) is -4.43. The highest BCUT2D eigenvalue weighted by Crippen LogP contribution is 2.57. The van der Waals surface area contributed by atoms with Gasteiger partial charge in [0.15, 0.2) is 10.8 Å². The van der Waals surface area contributed by atoms with Gasteiger partial charge < -0.3 is 9.80 Å². The normalized spacial score (nSPS) is 21.1. The summed E-state index contributed by atoms with van der Waals surface area (Å²) in [4.78, 5) is 20.9. The van der Waals surface area contributed by atoms with Crippen molar-refractivity contribution in [2.24, 2.45) is 5.92 Å². The third kappa shape index (κ3) is 4.67. The van der Waals surface area contributed by atoms with Gasteiger partial charge in [-0.25, -0.2) is 26.7 Å². The van der Waals surface area contributed by atoms with E-state index in [0.717, 1.165) is 54.7 Å². The van der Waals surface area contributed by atoms with Crippen molar-refractivity contribution in [2.75, 3.05) is 30.0 Å². The first kappa shape index (κ1) is 26.4. The number of rotatable bonds is 5. The summed E-state index contributed by atoms with van der Waals surface area (Å²) in [6.07, 6.45) is 5.22. The maximum Gasteiger partial charge on any atom is 0.269 e. The fraction of sp³-hybridized carbons (Fsp3) is 0.519. The Morgan fingerprint density at radius 3 is 2.46 bits per heavy atom. The molecule has 4 heterocycles. The summed E-state index contributed by atoms with van der Waals surface area (Å²) in [7, 11) is -1.79. The lowest BCUT2D eigenvalue weighted by atomic mass is 9.91. The Labute approximate surface area is 230 Å². The quantitative estimate of drug-likeness (QED) is 0.427. The van der Waals surface area contributed by atoms with Crippen LogP contribution in [0.5, 0.6) is 0 Å². The maximum absolute atomic E-state index is 14.9. The molecule has 1 saturated heterocycles. The number of carbonyl (C=O) groups excluding carboxylic acids is 1. The highest BCUT2D eigenvalue weighted by molar-refractivity contribution is 7.91. The first-order chi connectivity index (χ1) is 18.4. The average molecular weight is 578 g/mol. The Kier molecular flexibility index (Phi) is 6.18. The lowest BCUT2D eigenvalue weighted by Crippen LogP contribution is -2.44. The number of hydrogen-bond donors (Lipinski definition) is 0. The van der Waals surface area contributed by atoms with E-state index < -0.39 is 33.6 Å². The number of hydrogen-bond acceptors (Lipinski definition) is 6. The van der Waals surface area contributed by atoms with Crippen molar-refractivity contribution in [3.05, 3.63) is 52.9 Å². The smallest absolute Gasteiger partial charge is 0.269 e. The molecule has 1 spiro atoms. The second kappa shape index (κ2) is 9.12. The molecule has 0 radical (unpaired) electrons. The van der Waals surface area contributed by atoms with Crippen molar-refractivity contribution in [2.45, 2.75) is 56.4 Å². The van der Waals surface area contributed by atoms with Crippen LogP contribution in [0.3, 0.4) is 0 Å². The van der Waals surface area contributed by atoms with Gasteiger partial charge in [0.25, 0.3) is 5.92 Å². The van der Waals surface area contributed by atoms with Crippen molar-refractivity contribution >= 4 is 44.4 Å². The molecule has 39 heavy (non-hydrogen) atoms. The number of carbonyl (C=O) groups is 1. The largest absolute Gasteiger partial charge is 0.339 e. The highest BCUT2D eigenvalue weighted by atomic mass is 35.5. The molecule has 208 valence electrons. The zero-order valence-electron chi connectivity index (χ0n) is 21.8. The average Bonchev–Trinajstić information content (AvgIpc) is 3.53. The van der Waals surface area contributed by atoms with E-state index in [1.54, 1.807) is 30.3 Å². The Morgan fingerprint density at radius 2 is 1.85 bits per heavy atom. The van der Waals surface area contributed by atoms with Crippen molar-refractivity contribution in [1.82, 2.24) is 19.5 Å². The summed E-state index contributed by atoms with van der Waals surface area (Å²) >= 11 is 6.18. The van der Waals surface area contributed by atoms with Crippen LogP contribution < -0.4 is 4.90 Å². The predicted molar refractivity (Wildman–Crippen MR) is 144 cm³/mol. The van der Waals surface area contributed by atoms with E-state index in [0.29, 0.717) is 16.4 Å². The maximum atomic E-state index is 14.9. The molecule has 1 atom stereocenters. The third-order valence-electron chi connectivity index (χ3n) is 8.53. The van der Waals surface area contributed by atoms with Crippen LogP contribution in [0.4, 0.5) is 20.2 Å². The van der Waals surface area contributed by atoms with Crippen LogP contribution in [-0.4, -0.2) is 64.8 Å². The van der Waals surface area contributed by atoms with E-state index >= 15 is 0 Å². The topological polar surface area (TPSA) is 87.9 Å². The van der Waals surface area contributed by atoms with Gasteiger partial charge in [-0.3, -0.25) is 4.79 Å². The number of fused-ring (bicyclic) bond motifs is 4. The van der Waals surface area contributed by atoms with Gasteiger partial charge in [-0.1, -0.05) is 23.7 Å². The molecule has 6 rings (SSSR count). The van der Waals surface area contributed by atoms with Crippen LogP contribution in [-0.2, 0) is 20.0 Å². The van der Waals surface area contributed by atoms with Crippen LogP contribution in [0, 0.1) is 5.92 Å². The molecule has 0 N–H and O–H groups in total. The second-order valence-electron chi connectivity index (χ2n) is 11.2. The lowest BCUT2D eigenvalue weighted by Gasteiger charge is -2.37. The summed E-state index contributed by atoms with van der Waals surface area (Å²) in [6, 6.07) is 7.15. The van der Waals surface area contributed by atoms with Gasteiger partial charge in [-0.05, 0) is 49.8 Å². The number of nitrogens with zero attached hydrogens (tertiary/aromatic N) is 5. The standard InChI is InChI=1S/C27H30ClF2N5O3S/c1-26(29,30)23(33(2)25(36)18-7-13-39(37,38)14-8-18)17-3-5-19(6-4-17)34-12-11-27(9-10-27)24-20(34)16-31-22-15-21(28)32-35(22)24/h3-6,15-16,18,23H,7-14H2,1-2H3/t23-/m0/s1. The van der Waals surface area contributed by atoms with Gasteiger partial charge in [-0.15, -0.1) is 0 Å². The Bertz CT molecular complexity index is 1540. The van der Waals surface area contributed by atoms with Gasteiger partial charge in [0.1, 0.15) is 15.9 Å². The molecule has 0 bridgehead atoms. The monoisotopic (exact) mass is 577 g/mol. The lowest BCUT2D eigenvalue weighted by molar-refractivity contribution is -0.146. The van der Waals surface area contributed by atoms with Crippen LogP contribution in [0.1, 0.15) is 56.3 Å². The Balaban J connectivity index is 1.29. The van der Waals surface area contributed by atoms with Crippen molar-refractivity contribution in [3.8, 4) is 0 Å². The molecule has 2 aliphatic heterocycles. The van der Waals surface area contributed by atoms with Gasteiger partial charge in [0, 0.05) is 43.6 Å². The minimum Gasteiger partial charge on any atom is -0.339 e. The van der Waals surface area contributed by atoms with Crippen molar-refractivity contribution < 1.29 is 22.0 Å². The van der Waals surface area contributed by atoms with Crippen molar-refractivity contribution in [3.63, 3.8) is 0 Å². The fourth-order valence-electron chi connectivity index (χ4n) is 6.31. The fourth-order valence-corrected chi connectivity index (χ4v) is 7.97. The highest BCUT2D eigenvalue weighted by Gasteiger charge is 2.51. The Morgan fingerprint density at radius 1 is 1.18 bits per heavy atom. The van der Waals surface area contributed by atoms with Crippen molar-refractivity contribution in [1.29, 1.82) is 0 Å². The summed E-state index contributed by atoms with van der Waals surface area (Å²) in [5, 5.41) is 4.86. The number of anilines is 2. The Hall–Kier alpha value is -2.79. The van der Waals surface area contributed by atoms with Crippen LogP contribution in [0.25, 0.3) is 5.65 Å². The number of benzene rings is 1. The molecule has 3 aliphatic rings. The number of amides is 1. The van der Waals surface area contributed by atoms with E-state index in [9.17, 15) is 22.0 Å². The summed E-state index contributed by atoms with van der Waals surface area (Å²) < 4.78 is 55.3. The minimum atomic E-state index is -3.21. The van der Waals surface area contributed by atoms with E-state index in [2.05, 4.69) is 15.0 Å². The first-order valence-corrected chi connectivity index (χ1v) is 15.4. The molecular formula is C27H30ClF2N5O3S. The molecule has 0 unspecified atom stereocenters. The molecule has 12 heteroatoms. The third-order valence-corrected chi connectivity index (χ3v) is 10.4. The number of sulfone groups is 1. The number of aromatic nitrogens is 3. The molecule has 3 aromatic rings. The second-order valence-corrected chi connectivity index (χ2v) is 13.9. The summed E-state index contributed by atoms with van der Waals surface area (Å²) in [6.45, 7) is 1.56. The van der Waals surface area contributed by atoms with Gasteiger partial charge in [-0.2, -0.15) is 5.10 Å². The van der Waals surface area contributed by atoms with E-state index in [4.69, 9.17) is 11.6 Å². The molecule has 1 saturated carbocycles. The van der Waals surface area contributed by atoms with Gasteiger partial charge >= 0.3 is 0 Å².